The van der Waals surface area contributed by atoms with Crippen molar-refractivity contribution in [2.45, 2.75) is 70.0 Å². The second-order valence-electron chi connectivity index (χ2n) is 7.32. The van der Waals surface area contributed by atoms with Gasteiger partial charge >= 0.3 is 5.97 Å². The summed E-state index contributed by atoms with van der Waals surface area (Å²) in [7, 11) is 0. The minimum Gasteiger partial charge on any atom is -0.480 e. The van der Waals surface area contributed by atoms with Crippen LogP contribution in [0.1, 0.15) is 51.0 Å². The number of unbranched alkanes of at least 4 members (excludes halogenated alkanes) is 3. The number of carbonyl (C=O) groups excluding carboxylic acids is 3. The predicted octanol–water partition coefficient (Wildman–Crippen LogP) is 1.14. The maximum absolute atomic E-state index is 12.3. The van der Waals surface area contributed by atoms with Crippen LogP contribution in [0.25, 0.3) is 0 Å². The second-order valence-corrected chi connectivity index (χ2v) is 7.32. The zero-order chi connectivity index (χ0) is 21.2. The first kappa shape index (κ1) is 22.4. The Labute approximate surface area is 170 Å². The van der Waals surface area contributed by atoms with Gasteiger partial charge < -0.3 is 21.1 Å². The molecule has 0 aliphatic carbocycles. The minimum absolute atomic E-state index is 0.297. The van der Waals surface area contributed by atoms with Crippen LogP contribution in [0.3, 0.4) is 0 Å². The number of piperazine rings is 1. The number of carboxylic acids is 1. The Morgan fingerprint density at radius 2 is 1.69 bits per heavy atom. The third-order valence-corrected chi connectivity index (χ3v) is 4.92. The Morgan fingerprint density at radius 3 is 2.34 bits per heavy atom. The molecule has 0 spiro atoms. The normalized spacial score (nSPS) is 19.8. The van der Waals surface area contributed by atoms with Crippen molar-refractivity contribution in [3.05, 3.63) is 35.9 Å². The van der Waals surface area contributed by atoms with E-state index in [2.05, 4.69) is 22.9 Å². The van der Waals surface area contributed by atoms with Gasteiger partial charge in [-0.3, -0.25) is 14.4 Å². The Kier molecular flexibility index (Phi) is 8.64. The lowest BCUT2D eigenvalue weighted by Crippen LogP contribution is -2.63. The Morgan fingerprint density at radius 1 is 1.03 bits per heavy atom. The second kappa shape index (κ2) is 11.2. The largest absolute Gasteiger partial charge is 0.480 e. The van der Waals surface area contributed by atoms with Gasteiger partial charge in [0.05, 0.1) is 6.42 Å². The summed E-state index contributed by atoms with van der Waals surface area (Å²) in [5.41, 5.74) is 0.913. The van der Waals surface area contributed by atoms with E-state index in [1.165, 1.54) is 0 Å². The monoisotopic (exact) mass is 403 g/mol. The molecule has 1 aromatic carbocycles. The topological polar surface area (TPSA) is 125 Å². The molecule has 3 amide bonds. The van der Waals surface area contributed by atoms with Gasteiger partial charge in [-0.2, -0.15) is 0 Å². The molecule has 3 atom stereocenters. The number of hydrogen-bond acceptors (Lipinski definition) is 4. The molecule has 2 rings (SSSR count). The van der Waals surface area contributed by atoms with Crippen molar-refractivity contribution in [2.24, 2.45) is 0 Å². The van der Waals surface area contributed by atoms with Crippen LogP contribution in [0.5, 0.6) is 0 Å². The highest BCUT2D eigenvalue weighted by molar-refractivity contribution is 5.99. The maximum atomic E-state index is 12.3. The lowest BCUT2D eigenvalue weighted by molar-refractivity contribution is -0.143. The predicted molar refractivity (Wildman–Crippen MR) is 107 cm³/mol. The number of rotatable bonds is 11. The number of carboxylic acid groups (broad SMARTS) is 1. The van der Waals surface area contributed by atoms with Gasteiger partial charge in [-0.15, -0.1) is 0 Å². The molecule has 4 N–H and O–H groups in total. The molecule has 8 nitrogen and oxygen atoms in total. The Balaban J connectivity index is 1.84. The van der Waals surface area contributed by atoms with Crippen molar-refractivity contribution in [3.63, 3.8) is 0 Å². The fraction of sp³-hybridized carbons (Fsp3) is 0.524. The molecule has 0 saturated carbocycles. The molecular weight excluding hydrogens is 374 g/mol. The summed E-state index contributed by atoms with van der Waals surface area (Å²) in [4.78, 5) is 48.2. The molecule has 1 aliphatic rings. The van der Waals surface area contributed by atoms with Crippen molar-refractivity contribution >= 4 is 23.7 Å². The van der Waals surface area contributed by atoms with E-state index in [-0.39, 0.29) is 12.3 Å². The van der Waals surface area contributed by atoms with Gasteiger partial charge in [0.25, 0.3) is 0 Å². The zero-order valence-corrected chi connectivity index (χ0v) is 16.6. The van der Waals surface area contributed by atoms with E-state index in [4.69, 9.17) is 0 Å². The summed E-state index contributed by atoms with van der Waals surface area (Å²) in [6.45, 7) is 2.06. The van der Waals surface area contributed by atoms with E-state index < -0.39 is 35.9 Å². The first-order chi connectivity index (χ1) is 13.9. The summed E-state index contributed by atoms with van der Waals surface area (Å²) < 4.78 is 0. The fourth-order valence-electron chi connectivity index (χ4n) is 3.28. The Hall–Kier alpha value is -2.90. The van der Waals surface area contributed by atoms with Gasteiger partial charge in [0, 0.05) is 6.42 Å². The summed E-state index contributed by atoms with van der Waals surface area (Å²) in [6, 6.07) is 6.60. The fourth-order valence-corrected chi connectivity index (χ4v) is 3.28. The minimum atomic E-state index is -1.10. The summed E-state index contributed by atoms with van der Waals surface area (Å²) in [5, 5.41) is 17.0. The van der Waals surface area contributed by atoms with Gasteiger partial charge in [0.2, 0.25) is 17.7 Å². The number of carbonyl (C=O) groups is 4. The summed E-state index contributed by atoms with van der Waals surface area (Å²) in [5.74, 6) is -2.49. The van der Waals surface area contributed by atoms with Gasteiger partial charge in [-0.1, -0.05) is 62.9 Å². The quantitative estimate of drug-likeness (QED) is 0.413. The molecule has 1 aromatic rings. The molecule has 1 saturated heterocycles. The molecule has 158 valence electrons. The first-order valence-corrected chi connectivity index (χ1v) is 10.1. The van der Waals surface area contributed by atoms with Gasteiger partial charge in [-0.25, -0.2) is 4.79 Å². The average Bonchev–Trinajstić information content (AvgIpc) is 2.68. The van der Waals surface area contributed by atoms with Crippen molar-refractivity contribution in [1.82, 2.24) is 16.0 Å². The SMILES string of the molecule is CCCCCC[C@@H](NC(=O)C[C@@H]1NC(=O)[C@H](Cc2ccccc2)NC1=O)C(=O)O. The first-order valence-electron chi connectivity index (χ1n) is 10.1. The molecule has 0 radical (unpaired) electrons. The van der Waals surface area contributed by atoms with Gasteiger partial charge in [0.15, 0.2) is 0 Å². The van der Waals surface area contributed by atoms with E-state index in [1.54, 1.807) is 0 Å². The van der Waals surface area contributed by atoms with Crippen molar-refractivity contribution in [1.29, 1.82) is 0 Å². The molecular formula is C21H29N3O5. The number of hydrogen-bond donors (Lipinski definition) is 4. The standard InChI is InChI=1S/C21H29N3O5/c1-2-3-4-8-11-15(21(28)29)22-18(25)13-17-20(27)23-16(19(26)24-17)12-14-9-6-5-7-10-14/h5-7,9-10,15-17H,2-4,8,11-13H2,1H3,(H,22,25)(H,23,27)(H,24,26)(H,28,29)/t15-,16+,17+/m1/s1. The van der Waals surface area contributed by atoms with E-state index in [1.807, 2.05) is 30.3 Å². The van der Waals surface area contributed by atoms with Crippen LogP contribution in [0.2, 0.25) is 0 Å². The highest BCUT2D eigenvalue weighted by Gasteiger charge is 2.35. The van der Waals surface area contributed by atoms with Crippen molar-refractivity contribution < 1.29 is 24.3 Å². The highest BCUT2D eigenvalue weighted by atomic mass is 16.4. The highest BCUT2D eigenvalue weighted by Crippen LogP contribution is 2.10. The molecule has 1 heterocycles. The lowest BCUT2D eigenvalue weighted by atomic mass is 10.0. The van der Waals surface area contributed by atoms with Crippen LogP contribution in [0.4, 0.5) is 0 Å². The third-order valence-electron chi connectivity index (χ3n) is 4.92. The van der Waals surface area contributed by atoms with E-state index >= 15 is 0 Å². The van der Waals surface area contributed by atoms with E-state index in [9.17, 15) is 24.3 Å². The molecule has 0 unspecified atom stereocenters. The molecule has 29 heavy (non-hydrogen) atoms. The summed E-state index contributed by atoms with van der Waals surface area (Å²) >= 11 is 0. The Bertz CT molecular complexity index is 722. The van der Waals surface area contributed by atoms with Crippen LogP contribution in [-0.2, 0) is 25.6 Å². The smallest absolute Gasteiger partial charge is 0.326 e. The number of amides is 3. The molecule has 0 bridgehead atoms. The van der Waals surface area contributed by atoms with Gasteiger partial charge in [-0.05, 0) is 12.0 Å². The van der Waals surface area contributed by atoms with Crippen LogP contribution >= 0.6 is 0 Å². The molecule has 1 fully saturated rings. The van der Waals surface area contributed by atoms with Crippen LogP contribution in [-0.4, -0.2) is 46.9 Å². The van der Waals surface area contributed by atoms with Crippen LogP contribution < -0.4 is 16.0 Å². The summed E-state index contributed by atoms with van der Waals surface area (Å²) in [6.07, 6.45) is 4.05. The van der Waals surface area contributed by atoms with E-state index in [0.717, 1.165) is 24.8 Å². The average molecular weight is 403 g/mol. The molecule has 0 aromatic heterocycles. The number of aliphatic carboxylic acids is 1. The van der Waals surface area contributed by atoms with Crippen LogP contribution in [0.15, 0.2) is 30.3 Å². The van der Waals surface area contributed by atoms with Crippen LogP contribution in [0, 0.1) is 0 Å². The molecule has 8 heteroatoms. The van der Waals surface area contributed by atoms with E-state index in [0.29, 0.717) is 19.3 Å². The van der Waals surface area contributed by atoms with Crippen molar-refractivity contribution in [2.75, 3.05) is 0 Å². The molecule has 1 aliphatic heterocycles. The van der Waals surface area contributed by atoms with Gasteiger partial charge in [0.1, 0.15) is 18.1 Å². The number of benzene rings is 1. The zero-order valence-electron chi connectivity index (χ0n) is 16.6. The number of nitrogens with one attached hydrogen (secondary N) is 3. The maximum Gasteiger partial charge on any atom is 0.326 e. The third kappa shape index (κ3) is 7.21. The van der Waals surface area contributed by atoms with Crippen molar-refractivity contribution in [3.8, 4) is 0 Å². The lowest BCUT2D eigenvalue weighted by Gasteiger charge is -2.29.